The fraction of sp³-hybridized carbons (Fsp3) is 0.333. The van der Waals surface area contributed by atoms with Crippen LogP contribution in [0.5, 0.6) is 5.75 Å². The summed E-state index contributed by atoms with van der Waals surface area (Å²) in [7, 11) is 1.65. The average Bonchev–Trinajstić information content (AvgIpc) is 2.90. The number of fused-ring (bicyclic) bond motifs is 3. The molecule has 0 bridgehead atoms. The largest absolute Gasteiger partial charge is 0.496 e. The Morgan fingerprint density at radius 2 is 1.96 bits per heavy atom. The maximum atomic E-state index is 11.9. The number of nitrogens with one attached hydrogen (secondary N) is 1. The predicted molar refractivity (Wildman–Crippen MR) is 99.5 cm³/mol. The first-order valence-electron chi connectivity index (χ1n) is 8.06. The number of hydrogen-bond donors (Lipinski definition) is 3. The Morgan fingerprint density at radius 1 is 1.24 bits per heavy atom. The number of primary amides is 2. The van der Waals surface area contributed by atoms with Gasteiger partial charge in [0.15, 0.2) is 0 Å². The summed E-state index contributed by atoms with van der Waals surface area (Å²) in [6, 6.07) is 3.47. The van der Waals surface area contributed by atoms with Crippen LogP contribution in [0.2, 0.25) is 0 Å². The number of anilines is 1. The number of nitrogens with two attached hydrogens (primary N) is 2. The number of rotatable bonds is 4. The van der Waals surface area contributed by atoms with Crippen LogP contribution in [0.3, 0.4) is 0 Å². The highest BCUT2D eigenvalue weighted by atomic mass is 32.1. The van der Waals surface area contributed by atoms with Crippen LogP contribution in [0.15, 0.2) is 12.1 Å². The van der Waals surface area contributed by atoms with Crippen LogP contribution in [0.25, 0.3) is 10.4 Å². The van der Waals surface area contributed by atoms with Gasteiger partial charge in [0.1, 0.15) is 10.8 Å². The van der Waals surface area contributed by atoms with Crippen molar-refractivity contribution >= 4 is 28.3 Å². The van der Waals surface area contributed by atoms with E-state index < -0.39 is 11.9 Å². The molecular weight excluding hydrogens is 338 g/mol. The number of carbonyl (C=O) groups excluding carboxylic acids is 2. The molecule has 3 amide bonds. The van der Waals surface area contributed by atoms with Gasteiger partial charge >= 0.3 is 6.03 Å². The average molecular weight is 359 g/mol. The summed E-state index contributed by atoms with van der Waals surface area (Å²) in [5, 5.41) is 2.93. The Morgan fingerprint density at radius 3 is 2.52 bits per heavy atom. The van der Waals surface area contributed by atoms with Gasteiger partial charge in [0, 0.05) is 4.88 Å². The molecule has 1 heterocycles. The summed E-state index contributed by atoms with van der Waals surface area (Å²) in [5.41, 5.74) is 15.4. The summed E-state index contributed by atoms with van der Waals surface area (Å²) >= 11 is 1.33. The number of aryl methyl sites for hydroxylation is 1. The van der Waals surface area contributed by atoms with E-state index in [0.717, 1.165) is 33.7 Å². The van der Waals surface area contributed by atoms with Gasteiger partial charge in [-0.2, -0.15) is 0 Å². The van der Waals surface area contributed by atoms with Crippen molar-refractivity contribution in [3.63, 3.8) is 0 Å². The fourth-order valence-electron chi connectivity index (χ4n) is 3.33. The highest BCUT2D eigenvalue weighted by molar-refractivity contribution is 7.20. The van der Waals surface area contributed by atoms with E-state index in [2.05, 4.69) is 25.2 Å². The normalized spacial score (nSPS) is 12.5. The molecule has 0 saturated heterocycles. The van der Waals surface area contributed by atoms with Crippen LogP contribution < -0.4 is 21.5 Å². The number of ether oxygens (including phenoxy) is 1. The quantitative estimate of drug-likeness (QED) is 0.780. The molecular formula is C18H21N3O3S. The molecule has 2 aromatic rings. The van der Waals surface area contributed by atoms with Gasteiger partial charge in [0.2, 0.25) is 0 Å². The van der Waals surface area contributed by atoms with Crippen LogP contribution in [-0.2, 0) is 12.8 Å². The molecule has 0 aliphatic heterocycles. The van der Waals surface area contributed by atoms with E-state index in [1.54, 1.807) is 7.11 Å². The number of amides is 3. The molecule has 6 nitrogen and oxygen atoms in total. The lowest BCUT2D eigenvalue weighted by atomic mass is 9.86. The fourth-order valence-corrected chi connectivity index (χ4v) is 4.64. The lowest BCUT2D eigenvalue weighted by molar-refractivity contribution is 0.100. The van der Waals surface area contributed by atoms with Crippen LogP contribution in [0.1, 0.15) is 46.8 Å². The first kappa shape index (κ1) is 17.3. The number of hydrogen-bond acceptors (Lipinski definition) is 4. The molecule has 1 aliphatic rings. The van der Waals surface area contributed by atoms with Crippen molar-refractivity contribution in [1.29, 1.82) is 0 Å². The van der Waals surface area contributed by atoms with Crippen molar-refractivity contribution in [2.24, 2.45) is 11.5 Å². The van der Waals surface area contributed by atoms with E-state index in [1.807, 2.05) is 6.07 Å². The van der Waals surface area contributed by atoms with Crippen LogP contribution in [0, 0.1) is 0 Å². The van der Waals surface area contributed by atoms with Gasteiger partial charge in [-0.05, 0) is 47.1 Å². The van der Waals surface area contributed by atoms with E-state index in [0.29, 0.717) is 22.9 Å². The third-order valence-electron chi connectivity index (χ3n) is 4.46. The minimum atomic E-state index is -0.714. The van der Waals surface area contributed by atoms with Crippen molar-refractivity contribution < 1.29 is 14.3 Å². The molecule has 0 atom stereocenters. The minimum absolute atomic E-state index is 0.346. The summed E-state index contributed by atoms with van der Waals surface area (Å²) in [5.74, 6) is 0.605. The Labute approximate surface area is 150 Å². The van der Waals surface area contributed by atoms with Crippen molar-refractivity contribution in [3.8, 4) is 16.2 Å². The lowest BCUT2D eigenvalue weighted by Gasteiger charge is -2.21. The molecule has 7 heteroatoms. The number of carbonyl (C=O) groups is 2. The summed E-state index contributed by atoms with van der Waals surface area (Å²) < 4.78 is 5.56. The van der Waals surface area contributed by atoms with Gasteiger partial charge in [-0.3, -0.25) is 10.1 Å². The van der Waals surface area contributed by atoms with Gasteiger partial charge in [-0.1, -0.05) is 19.9 Å². The summed E-state index contributed by atoms with van der Waals surface area (Å²) in [6.45, 7) is 4.26. The number of methoxy groups -OCH3 is 1. The first-order valence-corrected chi connectivity index (χ1v) is 8.88. The number of thiophene rings is 1. The zero-order chi connectivity index (χ0) is 18.3. The van der Waals surface area contributed by atoms with Gasteiger partial charge in [0.25, 0.3) is 5.91 Å². The molecule has 1 aromatic heterocycles. The number of urea groups is 1. The van der Waals surface area contributed by atoms with Gasteiger partial charge in [-0.15, -0.1) is 11.3 Å². The molecule has 0 fully saturated rings. The zero-order valence-electron chi connectivity index (χ0n) is 14.4. The lowest BCUT2D eigenvalue weighted by Crippen LogP contribution is -2.22. The second-order valence-electron chi connectivity index (χ2n) is 6.37. The third kappa shape index (κ3) is 2.95. The minimum Gasteiger partial charge on any atom is -0.496 e. The summed E-state index contributed by atoms with van der Waals surface area (Å²) in [6.07, 6.45) is 1.50. The van der Waals surface area contributed by atoms with Crippen molar-refractivity contribution in [1.82, 2.24) is 0 Å². The standard InChI is InChI=1S/C18H21N3O3S/c1-8(2)11-6-9-4-5-10-14(16(19)22)17(21-18(20)23)25-15(10)12(9)7-13(11)24-3/h6-8H,4-5H2,1-3H3,(H2,19,22)(H3,20,21,23). The van der Waals surface area contributed by atoms with Gasteiger partial charge in [-0.25, -0.2) is 4.79 Å². The highest BCUT2D eigenvalue weighted by Crippen LogP contribution is 2.47. The molecule has 1 aromatic carbocycles. The van der Waals surface area contributed by atoms with E-state index >= 15 is 0 Å². The smallest absolute Gasteiger partial charge is 0.317 e. The predicted octanol–water partition coefficient (Wildman–Crippen LogP) is 3.24. The molecule has 25 heavy (non-hydrogen) atoms. The van der Waals surface area contributed by atoms with Crippen molar-refractivity contribution in [3.05, 3.63) is 34.4 Å². The van der Waals surface area contributed by atoms with Gasteiger partial charge < -0.3 is 16.2 Å². The second kappa shape index (κ2) is 6.40. The zero-order valence-corrected chi connectivity index (χ0v) is 15.3. The van der Waals surface area contributed by atoms with Crippen molar-refractivity contribution in [2.75, 3.05) is 12.4 Å². The number of benzene rings is 1. The van der Waals surface area contributed by atoms with E-state index in [1.165, 1.54) is 16.9 Å². The van der Waals surface area contributed by atoms with Crippen molar-refractivity contribution in [2.45, 2.75) is 32.6 Å². The summed E-state index contributed by atoms with van der Waals surface area (Å²) in [4.78, 5) is 24.1. The molecule has 0 saturated carbocycles. The molecule has 0 unspecified atom stereocenters. The SMILES string of the molecule is COc1cc2c(cc1C(C)C)CCc1c-2sc(NC(N)=O)c1C(N)=O. The Kier molecular flexibility index (Phi) is 4.43. The third-order valence-corrected chi connectivity index (χ3v) is 5.64. The Hall–Kier alpha value is -2.54. The Bertz CT molecular complexity index is 871. The van der Waals surface area contributed by atoms with Crippen LogP contribution in [0.4, 0.5) is 9.80 Å². The highest BCUT2D eigenvalue weighted by Gasteiger charge is 2.29. The molecule has 3 rings (SSSR count). The molecule has 0 spiro atoms. The second-order valence-corrected chi connectivity index (χ2v) is 7.39. The Balaban J connectivity index is 2.22. The monoisotopic (exact) mass is 359 g/mol. The molecule has 132 valence electrons. The molecule has 0 radical (unpaired) electrons. The van der Waals surface area contributed by atoms with Crippen LogP contribution in [-0.4, -0.2) is 19.0 Å². The maximum absolute atomic E-state index is 11.9. The van der Waals surface area contributed by atoms with E-state index in [-0.39, 0.29) is 0 Å². The maximum Gasteiger partial charge on any atom is 0.317 e. The van der Waals surface area contributed by atoms with E-state index in [9.17, 15) is 9.59 Å². The van der Waals surface area contributed by atoms with Gasteiger partial charge in [0.05, 0.1) is 12.7 Å². The molecule has 1 aliphatic carbocycles. The van der Waals surface area contributed by atoms with E-state index in [4.69, 9.17) is 16.2 Å². The first-order chi connectivity index (χ1) is 11.8. The molecule has 5 N–H and O–H groups in total. The topological polar surface area (TPSA) is 107 Å². The van der Waals surface area contributed by atoms with Crippen LogP contribution >= 0.6 is 11.3 Å².